The van der Waals surface area contributed by atoms with E-state index in [-0.39, 0.29) is 24.0 Å². The third kappa shape index (κ3) is 5.76. The monoisotopic (exact) mass is 392 g/mol. The molecule has 0 saturated heterocycles. The fourth-order valence-electron chi connectivity index (χ4n) is 3.72. The highest BCUT2D eigenvalue weighted by atomic mass is 16.2. The molecule has 2 aromatic rings. The molecule has 1 heterocycles. The third-order valence-electron chi connectivity index (χ3n) is 5.29. The molecule has 0 saturated carbocycles. The summed E-state index contributed by atoms with van der Waals surface area (Å²) in [5.74, 6) is -0.0281. The summed E-state index contributed by atoms with van der Waals surface area (Å²) in [5.41, 5.74) is 4.57. The van der Waals surface area contributed by atoms with Crippen molar-refractivity contribution in [1.82, 2.24) is 5.32 Å². The topological polar surface area (TPSA) is 66.5 Å². The molecule has 0 fully saturated rings. The van der Waals surface area contributed by atoms with Crippen LogP contribution in [0.3, 0.4) is 0 Å². The average molecular weight is 392 g/mol. The fourth-order valence-corrected chi connectivity index (χ4v) is 3.72. The molecule has 0 bridgehead atoms. The molecule has 5 nitrogen and oxygen atoms in total. The van der Waals surface area contributed by atoms with E-state index in [0.29, 0.717) is 32.4 Å². The number of hydrogen-bond donors (Lipinski definition) is 1. The van der Waals surface area contributed by atoms with Gasteiger partial charge in [0.1, 0.15) is 5.78 Å². The Morgan fingerprint density at radius 2 is 1.52 bits per heavy atom. The molecule has 0 aliphatic carbocycles. The molecule has 1 aliphatic rings. The number of carbonyl (C=O) groups is 3. The van der Waals surface area contributed by atoms with E-state index in [1.54, 1.807) is 0 Å². The Morgan fingerprint density at radius 3 is 2.28 bits per heavy atom. The lowest BCUT2D eigenvalue weighted by Gasteiger charge is -2.29. The number of benzene rings is 2. The van der Waals surface area contributed by atoms with E-state index >= 15 is 0 Å². The minimum atomic E-state index is -0.113. The Hall–Kier alpha value is -2.95. The molecule has 1 aliphatic heterocycles. The smallest absolute Gasteiger partial charge is 0.229 e. The summed E-state index contributed by atoms with van der Waals surface area (Å²) in [6.45, 7) is 2.37. The Balaban J connectivity index is 1.65. The number of hydrogen-bond acceptors (Lipinski definition) is 3. The van der Waals surface area contributed by atoms with Crippen molar-refractivity contribution in [2.75, 3.05) is 11.4 Å². The molecule has 0 atom stereocenters. The Labute approximate surface area is 172 Å². The van der Waals surface area contributed by atoms with Crippen molar-refractivity contribution in [2.24, 2.45) is 0 Å². The lowest BCUT2D eigenvalue weighted by atomic mass is 9.95. The zero-order valence-corrected chi connectivity index (χ0v) is 16.9. The Kier molecular flexibility index (Phi) is 7.17. The molecule has 2 aromatic carbocycles. The molecular weight excluding hydrogens is 364 g/mol. The van der Waals surface area contributed by atoms with Gasteiger partial charge in [0, 0.05) is 31.5 Å². The summed E-state index contributed by atoms with van der Waals surface area (Å²) in [6.07, 6.45) is 3.37. The van der Waals surface area contributed by atoms with Gasteiger partial charge in [-0.25, -0.2) is 0 Å². The summed E-state index contributed by atoms with van der Waals surface area (Å²) in [5, 5.41) is 2.80. The number of Topliss-reactive ketones (excluding diaryl/α,β-unsaturated/α-hetero) is 1. The van der Waals surface area contributed by atoms with Crippen molar-refractivity contribution in [3.8, 4) is 0 Å². The van der Waals surface area contributed by atoms with Crippen LogP contribution in [-0.4, -0.2) is 24.1 Å². The second-order valence-electron chi connectivity index (χ2n) is 7.53. The number of anilines is 1. The quantitative estimate of drug-likeness (QED) is 0.783. The van der Waals surface area contributed by atoms with Crippen LogP contribution in [0.4, 0.5) is 5.69 Å². The number of nitrogens with zero attached hydrogens (tertiary/aromatic N) is 1. The van der Waals surface area contributed by atoms with Crippen LogP contribution < -0.4 is 10.2 Å². The average Bonchev–Trinajstić information content (AvgIpc) is 2.69. The van der Waals surface area contributed by atoms with Crippen molar-refractivity contribution in [1.29, 1.82) is 0 Å². The molecule has 3 rings (SSSR count). The summed E-state index contributed by atoms with van der Waals surface area (Å²) >= 11 is 0. The molecule has 0 unspecified atom stereocenters. The van der Waals surface area contributed by atoms with Gasteiger partial charge in [0.2, 0.25) is 11.8 Å². The predicted octanol–water partition coefficient (Wildman–Crippen LogP) is 3.58. The van der Waals surface area contributed by atoms with Gasteiger partial charge < -0.3 is 15.0 Å². The van der Waals surface area contributed by atoms with E-state index in [1.165, 1.54) is 23.6 Å². The molecule has 2 amide bonds. The summed E-state index contributed by atoms with van der Waals surface area (Å²) < 4.78 is 0. The van der Waals surface area contributed by atoms with Crippen molar-refractivity contribution >= 4 is 23.3 Å². The van der Waals surface area contributed by atoms with Crippen LogP contribution in [0.25, 0.3) is 0 Å². The van der Waals surface area contributed by atoms with Crippen molar-refractivity contribution in [3.05, 3.63) is 65.2 Å². The Morgan fingerprint density at radius 1 is 0.862 bits per heavy atom. The minimum Gasteiger partial charge on any atom is -0.356 e. The van der Waals surface area contributed by atoms with Crippen molar-refractivity contribution in [2.45, 2.75) is 52.0 Å². The van der Waals surface area contributed by atoms with Crippen molar-refractivity contribution in [3.63, 3.8) is 0 Å². The normalized spacial score (nSPS) is 12.9. The van der Waals surface area contributed by atoms with E-state index < -0.39 is 0 Å². The SMILES string of the molecule is CC(=O)CCCC(=O)NCCC(=O)N1Cc2ccccc2CCc2ccccc21. The van der Waals surface area contributed by atoms with Crippen molar-refractivity contribution < 1.29 is 14.4 Å². The third-order valence-corrected chi connectivity index (χ3v) is 5.29. The number of nitrogens with one attached hydrogen (secondary N) is 1. The molecule has 0 radical (unpaired) electrons. The number of para-hydroxylation sites is 1. The van der Waals surface area contributed by atoms with Gasteiger partial charge in [-0.1, -0.05) is 42.5 Å². The van der Waals surface area contributed by atoms with Gasteiger partial charge in [-0.05, 0) is 48.9 Å². The maximum absolute atomic E-state index is 13.1. The number of fused-ring (bicyclic) bond motifs is 2. The first kappa shape index (κ1) is 20.8. The van der Waals surface area contributed by atoms with Crippen LogP contribution >= 0.6 is 0 Å². The highest BCUT2D eigenvalue weighted by Crippen LogP contribution is 2.28. The first-order chi connectivity index (χ1) is 14.0. The predicted molar refractivity (Wildman–Crippen MR) is 114 cm³/mol. The highest BCUT2D eigenvalue weighted by Gasteiger charge is 2.22. The molecule has 152 valence electrons. The van der Waals surface area contributed by atoms with Gasteiger partial charge in [-0.3, -0.25) is 9.59 Å². The van der Waals surface area contributed by atoms with Gasteiger partial charge in [0.05, 0.1) is 6.54 Å². The van der Waals surface area contributed by atoms with Crippen LogP contribution in [0.15, 0.2) is 48.5 Å². The maximum Gasteiger partial charge on any atom is 0.229 e. The van der Waals surface area contributed by atoms with E-state index in [2.05, 4.69) is 23.5 Å². The van der Waals surface area contributed by atoms with E-state index in [1.807, 2.05) is 35.2 Å². The number of carbonyl (C=O) groups excluding carboxylic acids is 3. The van der Waals surface area contributed by atoms with Crippen LogP contribution in [0, 0.1) is 0 Å². The first-order valence-corrected chi connectivity index (χ1v) is 10.3. The maximum atomic E-state index is 13.1. The zero-order valence-electron chi connectivity index (χ0n) is 16.9. The van der Waals surface area contributed by atoms with E-state index in [9.17, 15) is 14.4 Å². The van der Waals surface area contributed by atoms with Crippen LogP contribution in [0.1, 0.15) is 49.3 Å². The summed E-state index contributed by atoms with van der Waals surface area (Å²) in [4.78, 5) is 37.8. The summed E-state index contributed by atoms with van der Waals surface area (Å²) in [6, 6.07) is 16.3. The minimum absolute atomic E-state index is 0.00168. The lowest BCUT2D eigenvalue weighted by Crippen LogP contribution is -2.35. The fraction of sp³-hybridized carbons (Fsp3) is 0.375. The van der Waals surface area contributed by atoms with E-state index in [0.717, 1.165) is 18.5 Å². The molecule has 0 spiro atoms. The highest BCUT2D eigenvalue weighted by molar-refractivity contribution is 5.94. The largest absolute Gasteiger partial charge is 0.356 e. The van der Waals surface area contributed by atoms with Gasteiger partial charge in [-0.2, -0.15) is 0 Å². The number of rotatable bonds is 7. The van der Waals surface area contributed by atoms with Gasteiger partial charge in [-0.15, -0.1) is 0 Å². The van der Waals surface area contributed by atoms with Gasteiger partial charge in [0.25, 0.3) is 0 Å². The first-order valence-electron chi connectivity index (χ1n) is 10.3. The Bertz CT molecular complexity index is 891. The standard InChI is InChI=1S/C24H28N2O3/c1-18(27)7-6-12-23(28)25-16-15-24(29)26-17-21-10-3-2-8-19(21)13-14-20-9-4-5-11-22(20)26/h2-5,8-11H,6-7,12-17H2,1H3,(H,25,28). The van der Waals surface area contributed by atoms with Crippen LogP contribution in [0.5, 0.6) is 0 Å². The number of aryl methyl sites for hydroxylation is 2. The molecule has 5 heteroatoms. The number of ketones is 1. The lowest BCUT2D eigenvalue weighted by molar-refractivity contribution is -0.121. The number of amides is 2. The second kappa shape index (κ2) is 10.0. The summed E-state index contributed by atoms with van der Waals surface area (Å²) in [7, 11) is 0. The van der Waals surface area contributed by atoms with Crippen LogP contribution in [0.2, 0.25) is 0 Å². The molecule has 0 aromatic heterocycles. The molecule has 29 heavy (non-hydrogen) atoms. The van der Waals surface area contributed by atoms with E-state index in [4.69, 9.17) is 0 Å². The van der Waals surface area contributed by atoms with Gasteiger partial charge >= 0.3 is 0 Å². The zero-order chi connectivity index (χ0) is 20.6. The van der Waals surface area contributed by atoms with Gasteiger partial charge in [0.15, 0.2) is 0 Å². The molecular formula is C24H28N2O3. The molecule has 1 N–H and O–H groups in total. The van der Waals surface area contributed by atoms with Crippen LogP contribution in [-0.2, 0) is 33.8 Å². The second-order valence-corrected chi connectivity index (χ2v) is 7.53.